The third-order valence-corrected chi connectivity index (χ3v) is 5.41. The van der Waals surface area contributed by atoms with E-state index in [0.29, 0.717) is 11.5 Å². The van der Waals surface area contributed by atoms with Gasteiger partial charge in [-0.1, -0.05) is 89.2 Å². The molecular formula is C30H38O3. The predicted octanol–water partition coefficient (Wildman–Crippen LogP) is 7.98. The van der Waals surface area contributed by atoms with Gasteiger partial charge in [0.1, 0.15) is 0 Å². The van der Waals surface area contributed by atoms with E-state index >= 15 is 0 Å². The number of rotatable bonds is 12. The summed E-state index contributed by atoms with van der Waals surface area (Å²) in [6, 6.07) is 11.9. The van der Waals surface area contributed by atoms with Crippen LogP contribution < -0.4 is 9.78 Å². The predicted molar refractivity (Wildman–Crippen MR) is 136 cm³/mol. The Morgan fingerprint density at radius 3 is 1.45 bits per heavy atom. The quantitative estimate of drug-likeness (QED) is 0.143. The maximum atomic E-state index is 5.52. The van der Waals surface area contributed by atoms with E-state index in [1.54, 1.807) is 0 Å². The molecule has 176 valence electrons. The summed E-state index contributed by atoms with van der Waals surface area (Å²) in [5.74, 6) is 14.1. The van der Waals surface area contributed by atoms with Crippen molar-refractivity contribution in [3.8, 4) is 35.2 Å². The van der Waals surface area contributed by atoms with Crippen molar-refractivity contribution in [2.45, 2.75) is 91.9 Å². The van der Waals surface area contributed by atoms with Crippen LogP contribution >= 0.6 is 0 Å². The highest BCUT2D eigenvalue weighted by Crippen LogP contribution is 2.23. The molecule has 2 aromatic carbocycles. The summed E-state index contributed by atoms with van der Waals surface area (Å²) in [4.78, 5) is 11.0. The number of benzene rings is 2. The normalized spacial score (nSPS) is 10.1. The fourth-order valence-corrected chi connectivity index (χ4v) is 3.27. The lowest BCUT2D eigenvalue weighted by Crippen LogP contribution is -2.05. The molecule has 33 heavy (non-hydrogen) atoms. The van der Waals surface area contributed by atoms with Crippen LogP contribution in [0, 0.1) is 23.7 Å². The van der Waals surface area contributed by atoms with Gasteiger partial charge in [-0.15, -0.1) is 0 Å². The van der Waals surface area contributed by atoms with Crippen LogP contribution in [0.3, 0.4) is 0 Å². The summed E-state index contributed by atoms with van der Waals surface area (Å²) in [5, 5.41) is 5.19. The monoisotopic (exact) mass is 446 g/mol. The average molecular weight is 447 g/mol. The Hall–Kier alpha value is -2.88. The summed E-state index contributed by atoms with van der Waals surface area (Å²) in [6.07, 6.45) is 10.6. The summed E-state index contributed by atoms with van der Waals surface area (Å²) in [5.41, 5.74) is 4.03. The zero-order chi connectivity index (χ0) is 23.7. The van der Waals surface area contributed by atoms with E-state index < -0.39 is 0 Å². The van der Waals surface area contributed by atoms with E-state index in [-0.39, 0.29) is 0 Å². The Bertz CT molecular complexity index is 890. The number of unbranched alkanes of at least 4 members (excludes halogenated alkanes) is 6. The van der Waals surface area contributed by atoms with Gasteiger partial charge in [-0.25, -0.2) is 0 Å². The van der Waals surface area contributed by atoms with Crippen molar-refractivity contribution in [1.29, 1.82) is 0 Å². The fourth-order valence-electron chi connectivity index (χ4n) is 3.27. The maximum absolute atomic E-state index is 5.52. The first-order valence-electron chi connectivity index (χ1n) is 12.5. The third-order valence-electron chi connectivity index (χ3n) is 5.41. The van der Waals surface area contributed by atoms with Crippen molar-refractivity contribution >= 4 is 0 Å². The maximum Gasteiger partial charge on any atom is 0.185 e. The van der Waals surface area contributed by atoms with Crippen molar-refractivity contribution in [1.82, 2.24) is 0 Å². The van der Waals surface area contributed by atoms with Gasteiger partial charge < -0.3 is 0 Å². The zero-order valence-corrected chi connectivity index (χ0v) is 20.8. The highest BCUT2D eigenvalue weighted by atomic mass is 17.5. The summed E-state index contributed by atoms with van der Waals surface area (Å²) in [6.45, 7) is 8.64. The molecule has 0 unspecified atom stereocenters. The summed E-state index contributed by atoms with van der Waals surface area (Å²) < 4.78 is 0. The molecule has 0 radical (unpaired) electrons. The second kappa shape index (κ2) is 15.8. The van der Waals surface area contributed by atoms with E-state index in [4.69, 9.17) is 14.8 Å². The largest absolute Gasteiger partial charge is 0.298 e. The molecule has 0 atom stereocenters. The number of hydrogen-bond acceptors (Lipinski definition) is 3. The van der Waals surface area contributed by atoms with Crippen molar-refractivity contribution in [2.24, 2.45) is 0 Å². The van der Waals surface area contributed by atoms with Crippen molar-refractivity contribution in [3.63, 3.8) is 0 Å². The second-order valence-electron chi connectivity index (χ2n) is 8.12. The molecule has 0 saturated heterocycles. The molecule has 0 N–H and O–H groups in total. The SMILES string of the molecule is CCCCCC#Cc1cc(CC)ccc1OOOc1ccc(CC)cc1C#CCCCCC. The van der Waals surface area contributed by atoms with Gasteiger partial charge in [-0.2, -0.15) is 0 Å². The summed E-state index contributed by atoms with van der Waals surface area (Å²) in [7, 11) is 0. The fraction of sp³-hybridized carbons (Fsp3) is 0.467. The van der Waals surface area contributed by atoms with Crippen LogP contribution in [0.1, 0.15) is 101 Å². The molecular weight excluding hydrogens is 408 g/mol. The molecule has 0 aliphatic heterocycles. The number of aryl methyl sites for hydroxylation is 2. The Morgan fingerprint density at radius 2 is 1.06 bits per heavy atom. The molecule has 0 aliphatic carbocycles. The summed E-state index contributed by atoms with van der Waals surface area (Å²) >= 11 is 0. The second-order valence-corrected chi connectivity index (χ2v) is 8.12. The molecule has 3 nitrogen and oxygen atoms in total. The average Bonchev–Trinajstić information content (AvgIpc) is 2.85. The lowest BCUT2D eigenvalue weighted by atomic mass is 10.1. The zero-order valence-electron chi connectivity index (χ0n) is 20.8. The first-order valence-corrected chi connectivity index (χ1v) is 12.5. The molecule has 2 aromatic rings. The van der Waals surface area contributed by atoms with E-state index in [1.807, 2.05) is 24.3 Å². The van der Waals surface area contributed by atoms with Crippen molar-refractivity contribution < 1.29 is 14.8 Å². The molecule has 0 aromatic heterocycles. The standard InChI is InChI=1S/C30H38O3/c1-5-9-11-13-15-17-27-23-25(7-3)19-21-29(27)31-33-32-30-22-20-26(8-4)24-28(30)18-16-14-12-10-6-2/h19-24H,5-14H2,1-4H3. The lowest BCUT2D eigenvalue weighted by Gasteiger charge is -2.09. The van der Waals surface area contributed by atoms with Crippen LogP contribution in [-0.4, -0.2) is 0 Å². The van der Waals surface area contributed by atoms with Gasteiger partial charge in [0, 0.05) is 17.9 Å². The molecule has 0 bridgehead atoms. The van der Waals surface area contributed by atoms with Crippen LogP contribution in [0.5, 0.6) is 11.5 Å². The van der Waals surface area contributed by atoms with E-state index in [0.717, 1.165) is 49.7 Å². The van der Waals surface area contributed by atoms with Gasteiger partial charge in [0.25, 0.3) is 0 Å². The van der Waals surface area contributed by atoms with E-state index in [9.17, 15) is 0 Å². The minimum Gasteiger partial charge on any atom is -0.298 e. The van der Waals surface area contributed by atoms with Gasteiger partial charge >= 0.3 is 0 Å². The topological polar surface area (TPSA) is 27.7 Å². The van der Waals surface area contributed by atoms with Gasteiger partial charge in [-0.05, 0) is 61.1 Å². The molecule has 0 fully saturated rings. The lowest BCUT2D eigenvalue weighted by molar-refractivity contribution is -0.411. The van der Waals surface area contributed by atoms with Crippen molar-refractivity contribution in [2.75, 3.05) is 0 Å². The van der Waals surface area contributed by atoms with Gasteiger partial charge in [-0.3, -0.25) is 9.78 Å². The third kappa shape index (κ3) is 9.65. The molecule has 0 saturated carbocycles. The Labute approximate surface area is 200 Å². The smallest absolute Gasteiger partial charge is 0.185 e. The Kier molecular flexibility index (Phi) is 12.7. The van der Waals surface area contributed by atoms with Gasteiger partial charge in [0.2, 0.25) is 0 Å². The van der Waals surface area contributed by atoms with E-state index in [2.05, 4.69) is 63.5 Å². The molecule has 0 aliphatic rings. The number of hydrogen-bond donors (Lipinski definition) is 0. The minimum atomic E-state index is 0.549. The van der Waals surface area contributed by atoms with Crippen LogP contribution in [0.4, 0.5) is 0 Å². The van der Waals surface area contributed by atoms with Crippen LogP contribution in [0.2, 0.25) is 0 Å². The van der Waals surface area contributed by atoms with Crippen LogP contribution in [0.25, 0.3) is 0 Å². The van der Waals surface area contributed by atoms with Gasteiger partial charge in [0.15, 0.2) is 11.5 Å². The Morgan fingerprint density at radius 1 is 0.606 bits per heavy atom. The first-order chi connectivity index (χ1) is 16.2. The molecule has 2 rings (SSSR count). The Balaban J connectivity index is 2.08. The minimum absolute atomic E-state index is 0.549. The molecule has 0 amide bonds. The van der Waals surface area contributed by atoms with Crippen LogP contribution in [0.15, 0.2) is 36.4 Å². The highest BCUT2D eigenvalue weighted by molar-refractivity contribution is 5.49. The van der Waals surface area contributed by atoms with E-state index in [1.165, 1.54) is 36.8 Å². The van der Waals surface area contributed by atoms with Crippen molar-refractivity contribution in [3.05, 3.63) is 58.7 Å². The van der Waals surface area contributed by atoms with Gasteiger partial charge in [0.05, 0.1) is 11.1 Å². The molecule has 0 spiro atoms. The highest BCUT2D eigenvalue weighted by Gasteiger charge is 2.08. The van der Waals surface area contributed by atoms with Crippen LogP contribution in [-0.2, 0) is 17.9 Å². The molecule has 0 heterocycles. The molecule has 3 heteroatoms. The first kappa shape index (κ1) is 26.4.